The molecule has 166 valence electrons. The fourth-order valence-corrected chi connectivity index (χ4v) is 3.95. The Labute approximate surface area is 191 Å². The summed E-state index contributed by atoms with van der Waals surface area (Å²) in [7, 11) is 0. The van der Waals surface area contributed by atoms with Crippen LogP contribution in [0.2, 0.25) is 0 Å². The Bertz CT molecular complexity index is 1270. The van der Waals surface area contributed by atoms with E-state index in [4.69, 9.17) is 0 Å². The highest BCUT2D eigenvalue weighted by molar-refractivity contribution is 6.46. The summed E-state index contributed by atoms with van der Waals surface area (Å²) in [6.45, 7) is 5.86. The summed E-state index contributed by atoms with van der Waals surface area (Å²) in [4.78, 5) is 38.7. The lowest BCUT2D eigenvalue weighted by molar-refractivity contribution is -0.384. The van der Waals surface area contributed by atoms with E-state index in [1.54, 1.807) is 12.1 Å². The average Bonchev–Trinajstić information content (AvgIpc) is 3.03. The van der Waals surface area contributed by atoms with Crippen molar-refractivity contribution in [1.29, 1.82) is 0 Å². The molecule has 4 rings (SSSR count). The second-order valence-corrected chi connectivity index (χ2v) is 8.02. The van der Waals surface area contributed by atoms with Crippen molar-refractivity contribution in [2.45, 2.75) is 27.2 Å². The average molecular weight is 441 g/mol. The van der Waals surface area contributed by atoms with Gasteiger partial charge in [0.1, 0.15) is 5.70 Å². The highest BCUT2D eigenvalue weighted by Crippen LogP contribution is 2.35. The Morgan fingerprint density at radius 3 is 2.03 bits per heavy atom. The zero-order valence-electron chi connectivity index (χ0n) is 18.6. The van der Waals surface area contributed by atoms with Gasteiger partial charge in [-0.15, -0.1) is 0 Å². The molecular formula is C26H23N3O4. The second-order valence-electron chi connectivity index (χ2n) is 8.02. The summed E-state index contributed by atoms with van der Waals surface area (Å²) in [5.41, 5.74) is 4.82. The van der Waals surface area contributed by atoms with Crippen molar-refractivity contribution in [3.63, 3.8) is 0 Å². The molecule has 1 aliphatic heterocycles. The molecule has 0 aromatic heterocycles. The number of nitrogens with zero attached hydrogens (tertiary/aromatic N) is 2. The van der Waals surface area contributed by atoms with Gasteiger partial charge < -0.3 is 5.32 Å². The van der Waals surface area contributed by atoms with Crippen molar-refractivity contribution in [3.05, 3.63) is 105 Å². The van der Waals surface area contributed by atoms with Crippen LogP contribution in [0.5, 0.6) is 0 Å². The summed E-state index contributed by atoms with van der Waals surface area (Å²) < 4.78 is 0. The molecule has 7 nitrogen and oxygen atoms in total. The first-order valence-electron chi connectivity index (χ1n) is 10.6. The zero-order valence-corrected chi connectivity index (χ0v) is 18.6. The van der Waals surface area contributed by atoms with Crippen LogP contribution in [0.25, 0.3) is 5.57 Å². The molecule has 0 spiro atoms. The van der Waals surface area contributed by atoms with Gasteiger partial charge in [0, 0.05) is 17.8 Å². The van der Waals surface area contributed by atoms with Crippen molar-refractivity contribution >= 4 is 34.4 Å². The number of hydrogen-bond acceptors (Lipinski definition) is 5. The number of nitro groups is 1. The minimum absolute atomic E-state index is 0.0908. The number of nitrogens with one attached hydrogen (secondary N) is 1. The van der Waals surface area contributed by atoms with Gasteiger partial charge in [0.05, 0.1) is 16.2 Å². The number of carbonyl (C=O) groups excluding carboxylic acids is 2. The first kappa shape index (κ1) is 22.0. The highest BCUT2D eigenvalue weighted by atomic mass is 16.6. The van der Waals surface area contributed by atoms with Crippen LogP contribution < -0.4 is 10.2 Å². The normalized spacial score (nSPS) is 13.6. The summed E-state index contributed by atoms with van der Waals surface area (Å²) in [5.74, 6) is -0.954. The number of imide groups is 1. The molecule has 1 heterocycles. The van der Waals surface area contributed by atoms with Crippen LogP contribution in [-0.2, 0) is 16.0 Å². The molecule has 0 aliphatic carbocycles. The molecule has 33 heavy (non-hydrogen) atoms. The third-order valence-electron chi connectivity index (χ3n) is 5.55. The second kappa shape index (κ2) is 8.70. The van der Waals surface area contributed by atoms with E-state index >= 15 is 0 Å². The molecule has 0 saturated carbocycles. The molecule has 2 amide bonds. The largest absolute Gasteiger partial charge is 0.350 e. The molecule has 0 fully saturated rings. The third kappa shape index (κ3) is 4.25. The smallest absolute Gasteiger partial charge is 0.282 e. The number of carbonyl (C=O) groups is 2. The van der Waals surface area contributed by atoms with E-state index in [9.17, 15) is 19.7 Å². The van der Waals surface area contributed by atoms with Crippen LogP contribution in [0.15, 0.2) is 72.4 Å². The molecule has 7 heteroatoms. The Hall–Kier alpha value is -4.26. The number of nitro benzene ring substituents is 1. The van der Waals surface area contributed by atoms with E-state index in [0.29, 0.717) is 16.9 Å². The standard InChI is InChI=1S/C26H23N3O4/c1-4-18-5-9-20(10-6-18)27-24-23(19-7-11-21(12-8-19)29(32)33)25(30)28(26(24)31)22-14-16(2)13-17(3)15-22/h5-15,27H,4H2,1-3H3. The topological polar surface area (TPSA) is 92.6 Å². The molecule has 0 radical (unpaired) electrons. The molecule has 1 N–H and O–H groups in total. The summed E-state index contributed by atoms with van der Waals surface area (Å²) in [6, 6.07) is 18.8. The van der Waals surface area contributed by atoms with E-state index in [1.807, 2.05) is 44.2 Å². The van der Waals surface area contributed by atoms with Gasteiger partial charge in [-0.2, -0.15) is 0 Å². The van der Waals surface area contributed by atoms with E-state index < -0.39 is 16.7 Å². The maximum absolute atomic E-state index is 13.5. The van der Waals surface area contributed by atoms with Crippen LogP contribution in [0, 0.1) is 24.0 Å². The lowest BCUT2D eigenvalue weighted by Gasteiger charge is -2.17. The number of benzene rings is 3. The summed E-state index contributed by atoms with van der Waals surface area (Å²) >= 11 is 0. The van der Waals surface area contributed by atoms with Gasteiger partial charge in [-0.3, -0.25) is 19.7 Å². The molecule has 0 saturated heterocycles. The maximum atomic E-state index is 13.5. The van der Waals surface area contributed by atoms with Crippen LogP contribution in [-0.4, -0.2) is 16.7 Å². The predicted molar refractivity (Wildman–Crippen MR) is 128 cm³/mol. The van der Waals surface area contributed by atoms with E-state index in [1.165, 1.54) is 24.3 Å². The lowest BCUT2D eigenvalue weighted by atomic mass is 10.0. The maximum Gasteiger partial charge on any atom is 0.282 e. The molecule has 3 aromatic rings. The predicted octanol–water partition coefficient (Wildman–Crippen LogP) is 5.17. The zero-order chi connectivity index (χ0) is 23.7. The molecule has 3 aromatic carbocycles. The van der Waals surface area contributed by atoms with Crippen LogP contribution >= 0.6 is 0 Å². The Morgan fingerprint density at radius 2 is 1.48 bits per heavy atom. The van der Waals surface area contributed by atoms with Gasteiger partial charge in [-0.25, -0.2) is 4.90 Å². The first-order chi connectivity index (χ1) is 15.8. The molecular weight excluding hydrogens is 418 g/mol. The molecule has 0 unspecified atom stereocenters. The van der Waals surface area contributed by atoms with Gasteiger partial charge in [0.25, 0.3) is 17.5 Å². The van der Waals surface area contributed by atoms with Gasteiger partial charge >= 0.3 is 0 Å². The van der Waals surface area contributed by atoms with Gasteiger partial charge in [0.15, 0.2) is 0 Å². The van der Waals surface area contributed by atoms with Gasteiger partial charge in [0.2, 0.25) is 0 Å². The molecule has 0 bridgehead atoms. The van der Waals surface area contributed by atoms with Gasteiger partial charge in [-0.05, 0) is 78.9 Å². The van der Waals surface area contributed by atoms with E-state index in [2.05, 4.69) is 12.2 Å². The number of anilines is 2. The highest BCUT2D eigenvalue weighted by Gasteiger charge is 2.40. The number of aryl methyl sites for hydroxylation is 3. The summed E-state index contributed by atoms with van der Waals surface area (Å²) in [6.07, 6.45) is 0.884. The van der Waals surface area contributed by atoms with E-state index in [0.717, 1.165) is 28.0 Å². The number of non-ortho nitro benzene ring substituents is 1. The minimum atomic E-state index is -0.504. The number of hydrogen-bond donors (Lipinski definition) is 1. The van der Waals surface area contributed by atoms with Crippen LogP contribution in [0.4, 0.5) is 17.1 Å². The number of rotatable bonds is 6. The van der Waals surface area contributed by atoms with Gasteiger partial charge in [-0.1, -0.05) is 25.1 Å². The Kier molecular flexibility index (Phi) is 5.79. The minimum Gasteiger partial charge on any atom is -0.350 e. The van der Waals surface area contributed by atoms with Crippen molar-refractivity contribution in [2.24, 2.45) is 0 Å². The Morgan fingerprint density at radius 1 is 0.879 bits per heavy atom. The SMILES string of the molecule is CCc1ccc(NC2=C(c3ccc([N+](=O)[O-])cc3)C(=O)N(c3cc(C)cc(C)c3)C2=O)cc1. The quantitative estimate of drug-likeness (QED) is 0.324. The van der Waals surface area contributed by atoms with Crippen molar-refractivity contribution in [1.82, 2.24) is 0 Å². The van der Waals surface area contributed by atoms with Crippen molar-refractivity contribution in [2.75, 3.05) is 10.2 Å². The first-order valence-corrected chi connectivity index (χ1v) is 10.6. The molecule has 0 atom stereocenters. The fraction of sp³-hybridized carbons (Fsp3) is 0.154. The monoisotopic (exact) mass is 441 g/mol. The fourth-order valence-electron chi connectivity index (χ4n) is 3.95. The third-order valence-corrected chi connectivity index (χ3v) is 5.55. The summed E-state index contributed by atoms with van der Waals surface area (Å²) in [5, 5.41) is 14.2. The van der Waals surface area contributed by atoms with E-state index in [-0.39, 0.29) is 17.0 Å². The van der Waals surface area contributed by atoms with Crippen molar-refractivity contribution in [3.8, 4) is 0 Å². The van der Waals surface area contributed by atoms with Crippen LogP contribution in [0.1, 0.15) is 29.2 Å². The van der Waals surface area contributed by atoms with Crippen molar-refractivity contribution < 1.29 is 14.5 Å². The number of amides is 2. The molecule has 1 aliphatic rings. The van der Waals surface area contributed by atoms with Crippen LogP contribution in [0.3, 0.4) is 0 Å². The lowest BCUT2D eigenvalue weighted by Crippen LogP contribution is -2.32. The Balaban J connectivity index is 1.81.